The molecule has 200 valence electrons. The molecule has 0 saturated carbocycles. The highest BCUT2D eigenvalue weighted by atomic mass is 32.2. The number of carbonyl (C=O) groups excluding carboxylic acids is 1. The van der Waals surface area contributed by atoms with Gasteiger partial charge in [0.25, 0.3) is 0 Å². The summed E-state index contributed by atoms with van der Waals surface area (Å²) in [6.07, 6.45) is 0.316. The summed E-state index contributed by atoms with van der Waals surface area (Å²) in [6.45, 7) is 0.109. The number of ether oxygens (including phenoxy) is 3. The Morgan fingerprint density at radius 2 is 1.79 bits per heavy atom. The van der Waals surface area contributed by atoms with E-state index in [0.29, 0.717) is 30.2 Å². The molecule has 38 heavy (non-hydrogen) atoms. The standard InChI is InChI=1S/C28H30N2O7S/c1-38(33,34)30-19-9-12-25-23(13-19)24-14-22(36-26(17-31)28(24)37-25)15-27(32)29-16-18-7-10-21(11-8-18)35-20-5-3-2-4-6-20/h2-13,22,24,26,28,30-31H,14-17H2,1H3,(H,29,32)/t22-,24-,26-,28+/m1/s1. The number of para-hydroxylation sites is 1. The largest absolute Gasteiger partial charge is 0.487 e. The molecule has 0 unspecified atom stereocenters. The zero-order valence-electron chi connectivity index (χ0n) is 20.9. The van der Waals surface area contributed by atoms with Crippen molar-refractivity contribution in [1.29, 1.82) is 0 Å². The van der Waals surface area contributed by atoms with Crippen molar-refractivity contribution in [3.63, 3.8) is 0 Å². The van der Waals surface area contributed by atoms with Crippen LogP contribution >= 0.6 is 0 Å². The van der Waals surface area contributed by atoms with Gasteiger partial charge in [-0.15, -0.1) is 0 Å². The van der Waals surface area contributed by atoms with Gasteiger partial charge >= 0.3 is 0 Å². The van der Waals surface area contributed by atoms with Gasteiger partial charge in [0.05, 0.1) is 25.4 Å². The summed E-state index contributed by atoms with van der Waals surface area (Å²) in [5, 5.41) is 12.9. The summed E-state index contributed by atoms with van der Waals surface area (Å²) < 4.78 is 43.7. The first-order chi connectivity index (χ1) is 18.3. The van der Waals surface area contributed by atoms with Gasteiger partial charge in [-0.2, -0.15) is 0 Å². The molecule has 10 heteroatoms. The third-order valence-corrected chi connectivity index (χ3v) is 7.21. The average Bonchev–Trinajstić information content (AvgIpc) is 3.25. The highest BCUT2D eigenvalue weighted by molar-refractivity contribution is 7.92. The average molecular weight is 539 g/mol. The predicted molar refractivity (Wildman–Crippen MR) is 142 cm³/mol. The highest BCUT2D eigenvalue weighted by Gasteiger charge is 2.46. The molecule has 1 amide bonds. The van der Waals surface area contributed by atoms with Crippen molar-refractivity contribution in [3.8, 4) is 17.2 Å². The fourth-order valence-corrected chi connectivity index (χ4v) is 5.50. The van der Waals surface area contributed by atoms with Crippen LogP contribution in [-0.4, -0.2) is 50.6 Å². The molecule has 9 nitrogen and oxygen atoms in total. The van der Waals surface area contributed by atoms with Crippen LogP contribution in [0.15, 0.2) is 72.8 Å². The molecule has 0 spiro atoms. The molecule has 3 N–H and O–H groups in total. The van der Waals surface area contributed by atoms with Crippen LogP contribution in [0, 0.1) is 0 Å². The lowest BCUT2D eigenvalue weighted by Gasteiger charge is -2.37. The molecular weight excluding hydrogens is 508 g/mol. The maximum absolute atomic E-state index is 12.7. The van der Waals surface area contributed by atoms with E-state index in [0.717, 1.165) is 23.1 Å². The third-order valence-electron chi connectivity index (χ3n) is 6.61. The summed E-state index contributed by atoms with van der Waals surface area (Å²) in [5.41, 5.74) is 2.21. The quantitative estimate of drug-likeness (QED) is 0.381. The minimum Gasteiger partial charge on any atom is -0.487 e. The lowest BCUT2D eigenvalue weighted by atomic mass is 9.84. The van der Waals surface area contributed by atoms with Crippen LogP contribution in [-0.2, 0) is 26.1 Å². The second kappa shape index (κ2) is 11.0. The van der Waals surface area contributed by atoms with Crippen molar-refractivity contribution in [2.45, 2.75) is 43.6 Å². The fourth-order valence-electron chi connectivity index (χ4n) is 4.95. The van der Waals surface area contributed by atoms with E-state index in [1.54, 1.807) is 18.2 Å². The SMILES string of the molecule is CS(=O)(=O)Nc1ccc2c(c1)[C@H]1C[C@H](CC(=O)NCc3ccc(Oc4ccccc4)cc3)O[C@H](CO)[C@H]1O2. The minimum absolute atomic E-state index is 0.130. The maximum atomic E-state index is 12.7. The molecule has 1 fully saturated rings. The zero-order chi connectivity index (χ0) is 26.7. The maximum Gasteiger partial charge on any atom is 0.229 e. The van der Waals surface area contributed by atoms with Gasteiger partial charge in [-0.1, -0.05) is 30.3 Å². The Morgan fingerprint density at radius 3 is 2.50 bits per heavy atom. The molecule has 5 rings (SSSR count). The molecule has 4 atom stereocenters. The smallest absolute Gasteiger partial charge is 0.229 e. The van der Waals surface area contributed by atoms with Crippen LogP contribution in [0.5, 0.6) is 17.2 Å². The number of benzene rings is 3. The molecule has 0 bridgehead atoms. The lowest BCUT2D eigenvalue weighted by molar-refractivity contribution is -0.142. The highest BCUT2D eigenvalue weighted by Crippen LogP contribution is 2.47. The van der Waals surface area contributed by atoms with E-state index in [1.165, 1.54) is 0 Å². The number of carbonyl (C=O) groups is 1. The molecule has 0 radical (unpaired) electrons. The van der Waals surface area contributed by atoms with E-state index >= 15 is 0 Å². The first-order valence-corrected chi connectivity index (χ1v) is 14.3. The number of hydrogen-bond acceptors (Lipinski definition) is 7. The van der Waals surface area contributed by atoms with Crippen LogP contribution in [0.1, 0.15) is 29.9 Å². The van der Waals surface area contributed by atoms with Crippen LogP contribution in [0.25, 0.3) is 0 Å². The van der Waals surface area contributed by atoms with Crippen molar-refractivity contribution in [1.82, 2.24) is 5.32 Å². The van der Waals surface area contributed by atoms with E-state index in [1.807, 2.05) is 54.6 Å². The first kappa shape index (κ1) is 26.0. The summed E-state index contributed by atoms with van der Waals surface area (Å²) in [6, 6.07) is 22.1. The topological polar surface area (TPSA) is 123 Å². The van der Waals surface area contributed by atoms with Crippen LogP contribution in [0.4, 0.5) is 5.69 Å². The van der Waals surface area contributed by atoms with Crippen LogP contribution in [0.3, 0.4) is 0 Å². The van der Waals surface area contributed by atoms with E-state index in [2.05, 4.69) is 10.0 Å². The molecule has 3 aromatic carbocycles. The lowest BCUT2D eigenvalue weighted by Crippen LogP contribution is -2.47. The van der Waals surface area contributed by atoms with Gasteiger partial charge in [-0.25, -0.2) is 8.42 Å². The molecule has 2 aliphatic rings. The Bertz CT molecular complexity index is 1380. The Balaban J connectivity index is 1.18. The Morgan fingerprint density at radius 1 is 1.05 bits per heavy atom. The zero-order valence-corrected chi connectivity index (χ0v) is 21.7. The van der Waals surface area contributed by atoms with E-state index < -0.39 is 28.3 Å². The van der Waals surface area contributed by atoms with Crippen LogP contribution < -0.4 is 19.5 Å². The van der Waals surface area contributed by atoms with Gasteiger partial charge in [0.15, 0.2) is 0 Å². The van der Waals surface area contributed by atoms with E-state index in [-0.39, 0.29) is 24.9 Å². The molecule has 0 aliphatic carbocycles. The van der Waals surface area contributed by atoms with Gasteiger partial charge in [0, 0.05) is 23.7 Å². The molecule has 3 aromatic rings. The second-order valence-corrected chi connectivity index (χ2v) is 11.3. The van der Waals surface area contributed by atoms with Crippen molar-refractivity contribution in [2.24, 2.45) is 0 Å². The number of fused-ring (bicyclic) bond motifs is 3. The monoisotopic (exact) mass is 538 g/mol. The summed E-state index contributed by atoms with van der Waals surface area (Å²) in [7, 11) is -3.43. The number of aliphatic hydroxyl groups is 1. The summed E-state index contributed by atoms with van der Waals surface area (Å²) >= 11 is 0. The van der Waals surface area contributed by atoms with Crippen LogP contribution in [0.2, 0.25) is 0 Å². The Kier molecular flexibility index (Phi) is 7.55. The van der Waals surface area contributed by atoms with Gasteiger partial charge in [0.1, 0.15) is 29.5 Å². The third kappa shape index (κ3) is 6.27. The number of aliphatic hydroxyl groups excluding tert-OH is 1. The predicted octanol–water partition coefficient (Wildman–Crippen LogP) is 3.55. The minimum atomic E-state index is -3.43. The van der Waals surface area contributed by atoms with E-state index in [4.69, 9.17) is 14.2 Å². The number of sulfonamides is 1. The second-order valence-electron chi connectivity index (χ2n) is 9.57. The normalized spacial score (nSPS) is 22.1. The summed E-state index contributed by atoms with van der Waals surface area (Å²) in [5.74, 6) is 1.79. The number of amides is 1. The molecule has 1 saturated heterocycles. The van der Waals surface area contributed by atoms with Gasteiger partial charge in [-0.3, -0.25) is 9.52 Å². The van der Waals surface area contributed by atoms with Crippen molar-refractivity contribution < 1.29 is 32.5 Å². The molecule has 2 aliphatic heterocycles. The number of hydrogen-bond donors (Lipinski definition) is 3. The van der Waals surface area contributed by atoms with Crippen molar-refractivity contribution in [2.75, 3.05) is 17.6 Å². The van der Waals surface area contributed by atoms with Crippen molar-refractivity contribution >= 4 is 21.6 Å². The number of nitrogens with one attached hydrogen (secondary N) is 2. The van der Waals surface area contributed by atoms with Crippen molar-refractivity contribution in [3.05, 3.63) is 83.9 Å². The number of rotatable bonds is 9. The number of anilines is 1. The first-order valence-electron chi connectivity index (χ1n) is 12.4. The Hall–Kier alpha value is -3.60. The molecule has 0 aromatic heterocycles. The molecule has 2 heterocycles. The Labute approximate surface area is 221 Å². The summed E-state index contributed by atoms with van der Waals surface area (Å²) in [4.78, 5) is 12.7. The van der Waals surface area contributed by atoms with E-state index in [9.17, 15) is 18.3 Å². The van der Waals surface area contributed by atoms with Gasteiger partial charge in [-0.05, 0) is 54.4 Å². The molecular formula is C28H30N2O7S. The fraction of sp³-hybridized carbons (Fsp3) is 0.321. The van der Waals surface area contributed by atoms with Gasteiger partial charge < -0.3 is 24.6 Å². The van der Waals surface area contributed by atoms with Gasteiger partial charge in [0.2, 0.25) is 15.9 Å².